The smallest absolute Gasteiger partial charge is 0.263 e. The third kappa shape index (κ3) is 4.43. The van der Waals surface area contributed by atoms with Crippen LogP contribution in [-0.2, 0) is 10.0 Å². The molecule has 0 atom stereocenters. The Bertz CT molecular complexity index is 1660. The van der Waals surface area contributed by atoms with E-state index in [2.05, 4.69) is 19.4 Å². The molecule has 10 heteroatoms. The summed E-state index contributed by atoms with van der Waals surface area (Å²) < 4.78 is 52.1. The Morgan fingerprint density at radius 2 is 1.89 bits per heavy atom. The first-order chi connectivity index (χ1) is 16.9. The standard InChI is InChI=1S/C25H17ClFN3O4S/c1-33-23-14-22(26)20(15-3-2-4-17(27)11-15)13-21(23)25-19-6-5-18(12-16(19)7-9-28-25)35(31,32)30-24-8-10-34-29-24/h2-14H,1H3,(H,29,30). The van der Waals surface area contributed by atoms with Crippen molar-refractivity contribution in [3.8, 4) is 28.1 Å². The number of halogens is 2. The lowest BCUT2D eigenvalue weighted by Gasteiger charge is -2.15. The second-order valence-corrected chi connectivity index (χ2v) is 9.66. The number of nitrogens with zero attached hydrogens (tertiary/aromatic N) is 2. The van der Waals surface area contributed by atoms with Crippen LogP contribution in [0.1, 0.15) is 0 Å². The van der Waals surface area contributed by atoms with Gasteiger partial charge in [-0.2, -0.15) is 0 Å². The van der Waals surface area contributed by atoms with Gasteiger partial charge in [0.15, 0.2) is 5.82 Å². The number of nitrogens with one attached hydrogen (secondary N) is 1. The number of hydrogen-bond acceptors (Lipinski definition) is 6. The SMILES string of the molecule is COc1cc(Cl)c(-c2cccc(F)c2)cc1-c1nccc2cc(S(=O)(=O)Nc3ccon3)ccc12. The highest BCUT2D eigenvalue weighted by Gasteiger charge is 2.19. The maximum absolute atomic E-state index is 13.9. The molecule has 0 radical (unpaired) electrons. The summed E-state index contributed by atoms with van der Waals surface area (Å²) >= 11 is 6.49. The summed E-state index contributed by atoms with van der Waals surface area (Å²) in [5, 5.41) is 5.31. The molecule has 2 aromatic heterocycles. The van der Waals surface area contributed by atoms with E-state index < -0.39 is 10.0 Å². The van der Waals surface area contributed by atoms with Gasteiger partial charge < -0.3 is 9.26 Å². The molecule has 176 valence electrons. The number of aromatic nitrogens is 2. The second kappa shape index (κ2) is 9.01. The average molecular weight is 510 g/mol. The van der Waals surface area contributed by atoms with E-state index in [4.69, 9.17) is 16.3 Å². The van der Waals surface area contributed by atoms with Gasteiger partial charge in [0.25, 0.3) is 10.0 Å². The van der Waals surface area contributed by atoms with Crippen molar-refractivity contribution in [3.05, 3.63) is 90.0 Å². The van der Waals surface area contributed by atoms with Gasteiger partial charge in [-0.25, -0.2) is 12.8 Å². The van der Waals surface area contributed by atoms with E-state index in [0.717, 1.165) is 0 Å². The average Bonchev–Trinajstić information content (AvgIpc) is 3.35. The molecule has 0 aliphatic rings. The Morgan fingerprint density at radius 1 is 1.03 bits per heavy atom. The number of pyridine rings is 1. The molecule has 5 aromatic rings. The molecule has 0 aliphatic heterocycles. The highest BCUT2D eigenvalue weighted by molar-refractivity contribution is 7.92. The monoisotopic (exact) mass is 509 g/mol. The van der Waals surface area contributed by atoms with Crippen molar-refractivity contribution in [3.63, 3.8) is 0 Å². The van der Waals surface area contributed by atoms with E-state index in [-0.39, 0.29) is 16.5 Å². The van der Waals surface area contributed by atoms with Crippen LogP contribution in [0.15, 0.2) is 88.6 Å². The summed E-state index contributed by atoms with van der Waals surface area (Å²) in [5.41, 5.74) is 2.39. The van der Waals surface area contributed by atoms with Crippen LogP contribution in [0.5, 0.6) is 5.75 Å². The molecule has 0 amide bonds. The lowest BCUT2D eigenvalue weighted by atomic mass is 9.98. The molecule has 7 nitrogen and oxygen atoms in total. The zero-order chi connectivity index (χ0) is 24.6. The van der Waals surface area contributed by atoms with E-state index in [0.29, 0.717) is 43.9 Å². The van der Waals surface area contributed by atoms with E-state index in [1.807, 2.05) is 0 Å². The van der Waals surface area contributed by atoms with Crippen molar-refractivity contribution < 1.29 is 22.1 Å². The van der Waals surface area contributed by atoms with Gasteiger partial charge in [-0.3, -0.25) is 9.71 Å². The van der Waals surface area contributed by atoms with E-state index in [1.54, 1.807) is 48.7 Å². The van der Waals surface area contributed by atoms with Crippen molar-refractivity contribution >= 4 is 38.2 Å². The fourth-order valence-corrected chi connectivity index (χ4v) is 5.08. The van der Waals surface area contributed by atoms with Crippen molar-refractivity contribution in [2.24, 2.45) is 0 Å². The van der Waals surface area contributed by atoms with Crippen LogP contribution in [0.4, 0.5) is 10.2 Å². The van der Waals surface area contributed by atoms with Crippen molar-refractivity contribution in [1.82, 2.24) is 10.1 Å². The summed E-state index contributed by atoms with van der Waals surface area (Å²) in [7, 11) is -2.37. The Morgan fingerprint density at radius 3 is 2.63 bits per heavy atom. The third-order valence-corrected chi connectivity index (χ3v) is 7.07. The molecular weight excluding hydrogens is 493 g/mol. The summed E-state index contributed by atoms with van der Waals surface area (Å²) in [6, 6.07) is 17.4. The van der Waals surface area contributed by atoms with Gasteiger partial charge >= 0.3 is 0 Å². The summed E-state index contributed by atoms with van der Waals surface area (Å²) in [4.78, 5) is 4.59. The first-order valence-corrected chi connectivity index (χ1v) is 12.2. The summed E-state index contributed by atoms with van der Waals surface area (Å²) in [6.07, 6.45) is 2.85. The largest absolute Gasteiger partial charge is 0.496 e. The van der Waals surface area contributed by atoms with Gasteiger partial charge in [0, 0.05) is 34.8 Å². The maximum Gasteiger partial charge on any atom is 0.263 e. The number of hydrogen-bond donors (Lipinski definition) is 1. The topological polar surface area (TPSA) is 94.3 Å². The number of methoxy groups -OCH3 is 1. The fraction of sp³-hybridized carbons (Fsp3) is 0.0400. The lowest BCUT2D eigenvalue weighted by Crippen LogP contribution is -2.13. The van der Waals surface area contributed by atoms with Crippen LogP contribution < -0.4 is 9.46 Å². The van der Waals surface area contributed by atoms with Gasteiger partial charge in [-0.1, -0.05) is 35.0 Å². The third-order valence-electron chi connectivity index (χ3n) is 5.40. The molecule has 5 rings (SSSR count). The molecule has 0 aliphatic carbocycles. The number of sulfonamides is 1. The van der Waals surface area contributed by atoms with Crippen LogP contribution in [0, 0.1) is 5.82 Å². The van der Waals surface area contributed by atoms with E-state index in [1.165, 1.54) is 37.6 Å². The zero-order valence-electron chi connectivity index (χ0n) is 18.2. The summed E-state index contributed by atoms with van der Waals surface area (Å²) in [6.45, 7) is 0. The molecule has 0 spiro atoms. The highest BCUT2D eigenvalue weighted by Crippen LogP contribution is 2.41. The minimum Gasteiger partial charge on any atom is -0.496 e. The van der Waals surface area contributed by atoms with Crippen LogP contribution >= 0.6 is 11.6 Å². The Kier molecular flexibility index (Phi) is 5.88. The number of anilines is 1. The Balaban J connectivity index is 1.64. The molecule has 35 heavy (non-hydrogen) atoms. The molecule has 0 fully saturated rings. The van der Waals surface area contributed by atoms with Gasteiger partial charge in [0.2, 0.25) is 0 Å². The second-order valence-electron chi connectivity index (χ2n) is 7.58. The zero-order valence-corrected chi connectivity index (χ0v) is 19.8. The molecule has 2 heterocycles. The molecule has 0 saturated heterocycles. The quantitative estimate of drug-likeness (QED) is 0.294. The molecular formula is C25H17ClFN3O4S. The summed E-state index contributed by atoms with van der Waals surface area (Å²) in [5.74, 6) is 0.169. The maximum atomic E-state index is 13.9. The lowest BCUT2D eigenvalue weighted by molar-refractivity contribution is 0.416. The predicted molar refractivity (Wildman–Crippen MR) is 131 cm³/mol. The molecule has 0 bridgehead atoms. The molecule has 3 aromatic carbocycles. The van der Waals surface area contributed by atoms with Crippen LogP contribution in [0.3, 0.4) is 0 Å². The minimum absolute atomic E-state index is 0.0497. The molecule has 0 saturated carbocycles. The van der Waals surface area contributed by atoms with Crippen molar-refractivity contribution in [1.29, 1.82) is 0 Å². The Labute approximate surface area is 205 Å². The van der Waals surface area contributed by atoms with E-state index >= 15 is 0 Å². The molecule has 1 N–H and O–H groups in total. The first kappa shape index (κ1) is 22.8. The van der Waals surface area contributed by atoms with Gasteiger partial charge in [0.1, 0.15) is 17.8 Å². The number of rotatable bonds is 6. The van der Waals surface area contributed by atoms with Crippen LogP contribution in [-0.4, -0.2) is 25.7 Å². The van der Waals surface area contributed by atoms with Gasteiger partial charge in [-0.15, -0.1) is 0 Å². The minimum atomic E-state index is -3.89. The fourth-order valence-electron chi connectivity index (χ4n) is 3.79. The number of benzene rings is 3. The Hall–Kier alpha value is -3.95. The van der Waals surface area contributed by atoms with Gasteiger partial charge in [0.05, 0.1) is 22.7 Å². The first-order valence-electron chi connectivity index (χ1n) is 10.3. The van der Waals surface area contributed by atoms with Crippen molar-refractivity contribution in [2.45, 2.75) is 4.90 Å². The van der Waals surface area contributed by atoms with Crippen LogP contribution in [0.2, 0.25) is 5.02 Å². The number of fused-ring (bicyclic) bond motifs is 1. The van der Waals surface area contributed by atoms with Gasteiger partial charge in [-0.05, 0) is 47.3 Å². The predicted octanol–water partition coefficient (Wildman–Crippen LogP) is 6.16. The molecule has 0 unspecified atom stereocenters. The van der Waals surface area contributed by atoms with E-state index in [9.17, 15) is 12.8 Å². The highest BCUT2D eigenvalue weighted by atomic mass is 35.5. The normalized spacial score (nSPS) is 11.5. The number of ether oxygens (including phenoxy) is 1. The van der Waals surface area contributed by atoms with Crippen LogP contribution in [0.25, 0.3) is 33.2 Å². The van der Waals surface area contributed by atoms with Crippen molar-refractivity contribution in [2.75, 3.05) is 11.8 Å².